The summed E-state index contributed by atoms with van der Waals surface area (Å²) in [6, 6.07) is 0.441. The highest BCUT2D eigenvalue weighted by molar-refractivity contribution is 7.98. The molecule has 1 unspecified atom stereocenters. The summed E-state index contributed by atoms with van der Waals surface area (Å²) in [6.07, 6.45) is 2.05. The van der Waals surface area contributed by atoms with Gasteiger partial charge in [0, 0.05) is 18.3 Å². The normalized spacial score (nSPS) is 13.7. The van der Waals surface area contributed by atoms with Crippen LogP contribution in [0.2, 0.25) is 0 Å². The molecular formula is C6H14FNS. The minimum atomic E-state index is -0.265. The van der Waals surface area contributed by atoms with Gasteiger partial charge in [-0.15, -0.1) is 0 Å². The van der Waals surface area contributed by atoms with Crippen molar-refractivity contribution in [2.24, 2.45) is 0 Å². The van der Waals surface area contributed by atoms with Crippen molar-refractivity contribution >= 4 is 11.8 Å². The summed E-state index contributed by atoms with van der Waals surface area (Å²) >= 11 is 1.78. The van der Waals surface area contributed by atoms with Crippen LogP contribution in [0.15, 0.2) is 0 Å². The molecule has 0 spiro atoms. The average Bonchev–Trinajstić information content (AvgIpc) is 1.85. The van der Waals surface area contributed by atoms with Crippen LogP contribution >= 0.6 is 11.8 Å². The van der Waals surface area contributed by atoms with Crippen LogP contribution in [0.5, 0.6) is 0 Å². The smallest absolute Gasteiger partial charge is 0.102 e. The molecule has 0 amide bonds. The first-order chi connectivity index (χ1) is 4.31. The number of hydrogen-bond acceptors (Lipinski definition) is 2. The molecule has 0 rings (SSSR count). The van der Waals surface area contributed by atoms with E-state index in [1.807, 2.05) is 6.26 Å². The van der Waals surface area contributed by atoms with E-state index in [0.29, 0.717) is 12.6 Å². The van der Waals surface area contributed by atoms with Crippen molar-refractivity contribution < 1.29 is 4.39 Å². The van der Waals surface area contributed by atoms with Gasteiger partial charge in [-0.1, -0.05) is 0 Å². The molecule has 1 atom stereocenters. The van der Waals surface area contributed by atoms with Crippen LogP contribution in [0.4, 0.5) is 4.39 Å². The lowest BCUT2D eigenvalue weighted by Crippen LogP contribution is -2.29. The Morgan fingerprint density at radius 2 is 2.33 bits per heavy atom. The zero-order valence-corrected chi connectivity index (χ0v) is 6.80. The number of rotatable bonds is 5. The molecule has 0 saturated heterocycles. The topological polar surface area (TPSA) is 12.0 Å². The Hall–Kier alpha value is 0.240. The fraction of sp³-hybridized carbons (Fsp3) is 1.00. The largest absolute Gasteiger partial charge is 0.311 e. The first-order valence-corrected chi connectivity index (χ1v) is 4.49. The number of hydrogen-bond donors (Lipinski definition) is 1. The Labute approximate surface area is 60.4 Å². The van der Waals surface area contributed by atoms with Gasteiger partial charge in [-0.3, -0.25) is 0 Å². The Morgan fingerprint density at radius 1 is 1.67 bits per heavy atom. The SMILES string of the molecule is CSCC(C)NCCF. The second-order valence-electron chi connectivity index (χ2n) is 2.00. The van der Waals surface area contributed by atoms with Crippen LogP contribution in [0.1, 0.15) is 6.92 Å². The number of alkyl halides is 1. The third-order valence-electron chi connectivity index (χ3n) is 1.00. The maximum Gasteiger partial charge on any atom is 0.102 e. The van der Waals surface area contributed by atoms with Crippen molar-refractivity contribution in [3.05, 3.63) is 0 Å². The third-order valence-corrected chi connectivity index (χ3v) is 1.84. The van der Waals surface area contributed by atoms with E-state index in [0.717, 1.165) is 5.75 Å². The van der Waals surface area contributed by atoms with Gasteiger partial charge in [0.15, 0.2) is 0 Å². The van der Waals surface area contributed by atoms with Gasteiger partial charge in [-0.25, -0.2) is 4.39 Å². The van der Waals surface area contributed by atoms with E-state index in [4.69, 9.17) is 0 Å². The Balaban J connectivity index is 2.95. The maximum atomic E-state index is 11.5. The van der Waals surface area contributed by atoms with Gasteiger partial charge in [0.2, 0.25) is 0 Å². The predicted octanol–water partition coefficient (Wildman–Crippen LogP) is 1.30. The lowest BCUT2D eigenvalue weighted by molar-refractivity contribution is 0.450. The van der Waals surface area contributed by atoms with Crippen molar-refractivity contribution in [2.75, 3.05) is 25.2 Å². The predicted molar refractivity (Wildman–Crippen MR) is 41.8 cm³/mol. The number of nitrogens with one attached hydrogen (secondary N) is 1. The molecule has 0 aliphatic rings. The standard InChI is InChI=1S/C6H14FNS/c1-6(5-9-2)8-4-3-7/h6,8H,3-5H2,1-2H3. The molecule has 0 aliphatic heterocycles. The van der Waals surface area contributed by atoms with Gasteiger partial charge in [0.05, 0.1) is 0 Å². The highest BCUT2D eigenvalue weighted by atomic mass is 32.2. The van der Waals surface area contributed by atoms with Crippen LogP contribution < -0.4 is 5.32 Å². The summed E-state index contributed by atoms with van der Waals surface area (Å²) in [5.41, 5.74) is 0. The molecular weight excluding hydrogens is 137 g/mol. The van der Waals surface area contributed by atoms with E-state index >= 15 is 0 Å². The first-order valence-electron chi connectivity index (χ1n) is 3.09. The fourth-order valence-electron chi connectivity index (χ4n) is 0.610. The third kappa shape index (κ3) is 6.12. The maximum absolute atomic E-state index is 11.5. The molecule has 0 fully saturated rings. The van der Waals surface area contributed by atoms with E-state index in [2.05, 4.69) is 12.2 Å². The minimum Gasteiger partial charge on any atom is -0.311 e. The van der Waals surface area contributed by atoms with Crippen molar-refractivity contribution in [3.63, 3.8) is 0 Å². The van der Waals surface area contributed by atoms with Crippen molar-refractivity contribution in [2.45, 2.75) is 13.0 Å². The van der Waals surface area contributed by atoms with Gasteiger partial charge >= 0.3 is 0 Å². The van der Waals surface area contributed by atoms with E-state index < -0.39 is 0 Å². The van der Waals surface area contributed by atoms with E-state index in [1.165, 1.54) is 0 Å². The number of halogens is 1. The highest BCUT2D eigenvalue weighted by Gasteiger charge is 1.96. The molecule has 0 aromatic rings. The second-order valence-corrected chi connectivity index (χ2v) is 2.91. The summed E-state index contributed by atoms with van der Waals surface area (Å²) in [4.78, 5) is 0. The Morgan fingerprint density at radius 3 is 2.78 bits per heavy atom. The molecule has 0 aliphatic carbocycles. The Bertz CT molecular complexity index is 61.0. The van der Waals surface area contributed by atoms with Crippen molar-refractivity contribution in [3.8, 4) is 0 Å². The van der Waals surface area contributed by atoms with Gasteiger partial charge in [0.25, 0.3) is 0 Å². The highest BCUT2D eigenvalue weighted by Crippen LogP contribution is 1.94. The van der Waals surface area contributed by atoms with Gasteiger partial charge in [0.1, 0.15) is 6.67 Å². The van der Waals surface area contributed by atoms with Crippen LogP contribution in [0.25, 0.3) is 0 Å². The van der Waals surface area contributed by atoms with Crippen LogP contribution in [0, 0.1) is 0 Å². The van der Waals surface area contributed by atoms with Gasteiger partial charge < -0.3 is 5.32 Å². The Kier molecular flexibility index (Phi) is 6.53. The monoisotopic (exact) mass is 151 g/mol. The van der Waals surface area contributed by atoms with E-state index in [-0.39, 0.29) is 6.67 Å². The number of thioether (sulfide) groups is 1. The minimum absolute atomic E-state index is 0.265. The fourth-order valence-corrected chi connectivity index (χ4v) is 1.23. The van der Waals surface area contributed by atoms with Gasteiger partial charge in [-0.05, 0) is 13.2 Å². The zero-order valence-electron chi connectivity index (χ0n) is 5.98. The first kappa shape index (κ1) is 9.24. The summed E-state index contributed by atoms with van der Waals surface area (Å²) < 4.78 is 11.5. The average molecular weight is 151 g/mol. The summed E-state index contributed by atoms with van der Waals surface area (Å²) in [7, 11) is 0. The van der Waals surface area contributed by atoms with Crippen LogP contribution in [-0.2, 0) is 0 Å². The summed E-state index contributed by atoms with van der Waals surface area (Å²) in [5, 5.41) is 3.04. The lowest BCUT2D eigenvalue weighted by atomic mass is 10.4. The van der Waals surface area contributed by atoms with Gasteiger partial charge in [-0.2, -0.15) is 11.8 Å². The molecule has 56 valence electrons. The molecule has 3 heteroatoms. The molecule has 0 bridgehead atoms. The van der Waals surface area contributed by atoms with Crippen molar-refractivity contribution in [1.29, 1.82) is 0 Å². The van der Waals surface area contributed by atoms with E-state index in [1.54, 1.807) is 11.8 Å². The van der Waals surface area contributed by atoms with Crippen LogP contribution in [0.3, 0.4) is 0 Å². The van der Waals surface area contributed by atoms with E-state index in [9.17, 15) is 4.39 Å². The second kappa shape index (κ2) is 6.36. The zero-order chi connectivity index (χ0) is 7.11. The molecule has 0 aromatic carbocycles. The molecule has 9 heavy (non-hydrogen) atoms. The molecule has 1 N–H and O–H groups in total. The molecule has 1 nitrogen and oxygen atoms in total. The lowest BCUT2D eigenvalue weighted by Gasteiger charge is -2.09. The molecule has 0 radical (unpaired) electrons. The van der Waals surface area contributed by atoms with Crippen LogP contribution in [-0.4, -0.2) is 31.3 Å². The molecule has 0 saturated carbocycles. The molecule has 0 aromatic heterocycles. The summed E-state index contributed by atoms with van der Waals surface area (Å²) in [6.45, 7) is 2.28. The van der Waals surface area contributed by atoms with Crippen molar-refractivity contribution in [1.82, 2.24) is 5.32 Å². The summed E-state index contributed by atoms with van der Waals surface area (Å²) in [5.74, 6) is 1.06. The quantitative estimate of drug-likeness (QED) is 0.635. The molecule has 0 heterocycles.